The van der Waals surface area contributed by atoms with Gasteiger partial charge >= 0.3 is 0 Å². The van der Waals surface area contributed by atoms with E-state index >= 15 is 0 Å². The first-order chi connectivity index (χ1) is 8.56. The first kappa shape index (κ1) is 12.9. The maximum Gasteiger partial charge on any atom is 0.264 e. The van der Waals surface area contributed by atoms with E-state index in [9.17, 15) is 0 Å². The summed E-state index contributed by atoms with van der Waals surface area (Å²) in [5.41, 5.74) is 6.71. The molecule has 0 bridgehead atoms. The molecule has 2 N–H and O–H groups in total. The predicted molar refractivity (Wildman–Crippen MR) is 67.4 cm³/mol. The van der Waals surface area contributed by atoms with Crippen molar-refractivity contribution in [3.05, 3.63) is 40.5 Å². The van der Waals surface area contributed by atoms with Crippen molar-refractivity contribution in [2.75, 3.05) is 0 Å². The number of halogens is 1. The topological polar surface area (TPSA) is 74.2 Å². The largest absolute Gasteiger partial charge is 0.483 e. The van der Waals surface area contributed by atoms with Crippen LogP contribution in [0.1, 0.15) is 30.2 Å². The van der Waals surface area contributed by atoms with Gasteiger partial charge in [0.15, 0.2) is 12.4 Å². The molecule has 1 aromatic carbocycles. The van der Waals surface area contributed by atoms with Crippen molar-refractivity contribution in [3.63, 3.8) is 0 Å². The first-order valence-electron chi connectivity index (χ1n) is 5.53. The van der Waals surface area contributed by atoms with Crippen molar-refractivity contribution >= 4 is 11.6 Å². The van der Waals surface area contributed by atoms with Crippen LogP contribution < -0.4 is 10.5 Å². The average Bonchev–Trinajstić information content (AvgIpc) is 2.73. The molecule has 1 atom stereocenters. The highest BCUT2D eigenvalue weighted by atomic mass is 35.5. The second-order valence-electron chi connectivity index (χ2n) is 3.99. The van der Waals surface area contributed by atoms with Crippen molar-refractivity contribution in [2.45, 2.75) is 26.5 Å². The number of aromatic nitrogens is 2. The third-order valence-electron chi connectivity index (χ3n) is 2.38. The molecule has 18 heavy (non-hydrogen) atoms. The molecule has 0 amide bonds. The van der Waals surface area contributed by atoms with Gasteiger partial charge in [0.1, 0.15) is 5.75 Å². The van der Waals surface area contributed by atoms with E-state index in [4.69, 9.17) is 26.6 Å². The lowest BCUT2D eigenvalue weighted by Crippen LogP contribution is -2.08. The first-order valence-corrected chi connectivity index (χ1v) is 5.91. The fraction of sp³-hybridized carbons (Fsp3) is 0.333. The fourth-order valence-electron chi connectivity index (χ4n) is 1.54. The van der Waals surface area contributed by atoms with Gasteiger partial charge in [-0.25, -0.2) is 0 Å². The van der Waals surface area contributed by atoms with Crippen LogP contribution in [0.5, 0.6) is 5.75 Å². The summed E-state index contributed by atoms with van der Waals surface area (Å²) in [5.74, 6) is 1.68. The zero-order chi connectivity index (χ0) is 13.1. The minimum atomic E-state index is -0.164. The Bertz CT molecular complexity index is 540. The van der Waals surface area contributed by atoms with Crippen molar-refractivity contribution in [3.8, 4) is 5.75 Å². The highest BCUT2D eigenvalue weighted by Crippen LogP contribution is 2.27. The van der Waals surface area contributed by atoms with E-state index in [2.05, 4.69) is 10.1 Å². The summed E-state index contributed by atoms with van der Waals surface area (Å²) in [6.45, 7) is 3.83. The molecule has 0 aliphatic rings. The Kier molecular flexibility index (Phi) is 3.84. The highest BCUT2D eigenvalue weighted by molar-refractivity contribution is 6.30. The maximum atomic E-state index is 5.93. The summed E-state index contributed by atoms with van der Waals surface area (Å²) in [5, 5.41) is 4.32. The van der Waals surface area contributed by atoms with Gasteiger partial charge in [-0.3, -0.25) is 0 Å². The van der Waals surface area contributed by atoms with Gasteiger partial charge in [0.05, 0.1) is 0 Å². The summed E-state index contributed by atoms with van der Waals surface area (Å²) in [4.78, 5) is 4.06. The van der Waals surface area contributed by atoms with Crippen molar-refractivity contribution in [2.24, 2.45) is 5.73 Å². The standard InChI is InChI=1S/C12H14ClN3O2/c1-7(14)10-5-9(13)3-4-11(10)17-6-12-15-8(2)16-18-12/h3-5,7H,6,14H2,1-2H3/t7-/m1/s1. The summed E-state index contributed by atoms with van der Waals surface area (Å²) in [6.07, 6.45) is 0. The summed E-state index contributed by atoms with van der Waals surface area (Å²) < 4.78 is 10.6. The average molecular weight is 268 g/mol. The second-order valence-corrected chi connectivity index (χ2v) is 4.43. The molecule has 6 heteroatoms. The van der Waals surface area contributed by atoms with Crippen molar-refractivity contribution in [1.82, 2.24) is 10.1 Å². The fourth-order valence-corrected chi connectivity index (χ4v) is 1.73. The van der Waals surface area contributed by atoms with Crippen LogP contribution in [0.4, 0.5) is 0 Å². The van der Waals surface area contributed by atoms with E-state index in [0.29, 0.717) is 22.5 Å². The van der Waals surface area contributed by atoms with Gasteiger partial charge in [0.25, 0.3) is 5.89 Å². The van der Waals surface area contributed by atoms with Gasteiger partial charge in [-0.1, -0.05) is 16.8 Å². The molecule has 0 aliphatic carbocycles. The van der Waals surface area contributed by atoms with Gasteiger partial charge in [-0.15, -0.1) is 0 Å². The lowest BCUT2D eigenvalue weighted by molar-refractivity contribution is 0.240. The molecule has 0 radical (unpaired) electrons. The summed E-state index contributed by atoms with van der Waals surface area (Å²) >= 11 is 5.93. The second kappa shape index (κ2) is 5.37. The van der Waals surface area contributed by atoms with E-state index in [1.807, 2.05) is 6.92 Å². The molecule has 2 rings (SSSR count). The lowest BCUT2D eigenvalue weighted by Gasteiger charge is -2.13. The number of hydrogen-bond acceptors (Lipinski definition) is 5. The molecular weight excluding hydrogens is 254 g/mol. The Labute approximate surface area is 110 Å². The Morgan fingerprint density at radius 3 is 2.89 bits per heavy atom. The molecule has 0 fully saturated rings. The smallest absolute Gasteiger partial charge is 0.264 e. The zero-order valence-corrected chi connectivity index (χ0v) is 10.9. The molecule has 0 aliphatic heterocycles. The number of aryl methyl sites for hydroxylation is 1. The van der Waals surface area contributed by atoms with Gasteiger partial charge in [-0.2, -0.15) is 4.98 Å². The number of ether oxygens (including phenoxy) is 1. The zero-order valence-electron chi connectivity index (χ0n) is 10.2. The summed E-state index contributed by atoms with van der Waals surface area (Å²) in [6, 6.07) is 5.16. The van der Waals surface area contributed by atoms with Crippen LogP contribution in [0.3, 0.4) is 0 Å². The van der Waals surface area contributed by atoms with Gasteiger partial charge < -0.3 is 15.0 Å². The van der Waals surface area contributed by atoms with E-state index in [1.54, 1.807) is 25.1 Å². The Morgan fingerprint density at radius 1 is 1.50 bits per heavy atom. The molecule has 1 aromatic heterocycles. The molecule has 0 unspecified atom stereocenters. The van der Waals surface area contributed by atoms with Crippen LogP contribution in [0, 0.1) is 6.92 Å². The van der Waals surface area contributed by atoms with E-state index in [0.717, 1.165) is 5.56 Å². The number of nitrogens with two attached hydrogens (primary N) is 1. The van der Waals surface area contributed by atoms with Gasteiger partial charge in [0.2, 0.25) is 0 Å². The molecule has 2 aromatic rings. The third kappa shape index (κ3) is 3.00. The molecule has 0 saturated carbocycles. The Hall–Kier alpha value is -1.59. The molecule has 96 valence electrons. The van der Waals surface area contributed by atoms with E-state index in [1.165, 1.54) is 0 Å². The van der Waals surface area contributed by atoms with Crippen LogP contribution in [0.2, 0.25) is 5.02 Å². The Morgan fingerprint density at radius 2 is 2.28 bits per heavy atom. The van der Waals surface area contributed by atoms with Gasteiger partial charge in [-0.05, 0) is 32.0 Å². The predicted octanol–water partition coefficient (Wildman–Crippen LogP) is 2.63. The maximum absolute atomic E-state index is 5.93. The van der Waals surface area contributed by atoms with Gasteiger partial charge in [0, 0.05) is 16.6 Å². The highest BCUT2D eigenvalue weighted by Gasteiger charge is 2.11. The van der Waals surface area contributed by atoms with Crippen LogP contribution in [-0.4, -0.2) is 10.1 Å². The van der Waals surface area contributed by atoms with E-state index in [-0.39, 0.29) is 12.6 Å². The number of nitrogens with zero attached hydrogens (tertiary/aromatic N) is 2. The van der Waals surface area contributed by atoms with Crippen LogP contribution in [0.25, 0.3) is 0 Å². The van der Waals surface area contributed by atoms with E-state index < -0.39 is 0 Å². The van der Waals surface area contributed by atoms with Crippen molar-refractivity contribution < 1.29 is 9.26 Å². The molecular formula is C12H14ClN3O2. The summed E-state index contributed by atoms with van der Waals surface area (Å²) in [7, 11) is 0. The minimum Gasteiger partial charge on any atom is -0.483 e. The molecule has 1 heterocycles. The number of hydrogen-bond donors (Lipinski definition) is 1. The van der Waals surface area contributed by atoms with Crippen molar-refractivity contribution in [1.29, 1.82) is 0 Å². The Balaban J connectivity index is 2.13. The van der Waals surface area contributed by atoms with Crippen LogP contribution in [0.15, 0.2) is 22.7 Å². The minimum absolute atomic E-state index is 0.164. The number of rotatable bonds is 4. The normalized spacial score (nSPS) is 12.4. The van der Waals surface area contributed by atoms with Crippen LogP contribution >= 0.6 is 11.6 Å². The lowest BCUT2D eigenvalue weighted by atomic mass is 10.1. The molecule has 0 spiro atoms. The van der Waals surface area contributed by atoms with Crippen LogP contribution in [-0.2, 0) is 6.61 Å². The molecule has 0 saturated heterocycles. The SMILES string of the molecule is Cc1noc(COc2ccc(Cl)cc2[C@@H](C)N)n1. The quantitative estimate of drug-likeness (QED) is 0.922. The number of benzene rings is 1. The third-order valence-corrected chi connectivity index (χ3v) is 2.62. The molecule has 5 nitrogen and oxygen atoms in total. The monoisotopic (exact) mass is 267 g/mol.